The zero-order chi connectivity index (χ0) is 15.8. The van der Waals surface area contributed by atoms with Crippen LogP contribution in [0, 0.1) is 0 Å². The number of nitrogens with two attached hydrogens (primary N) is 1. The van der Waals surface area contributed by atoms with E-state index in [1.807, 2.05) is 20.8 Å². The maximum absolute atomic E-state index is 12.1. The molecule has 1 rings (SSSR count). The van der Waals surface area contributed by atoms with Crippen LogP contribution in [-0.2, 0) is 9.59 Å². The van der Waals surface area contributed by atoms with E-state index in [0.717, 1.165) is 4.90 Å². The molecule has 1 heterocycles. The summed E-state index contributed by atoms with van der Waals surface area (Å²) in [7, 11) is 0. The summed E-state index contributed by atoms with van der Waals surface area (Å²) in [6, 6.07) is 1.84. The summed E-state index contributed by atoms with van der Waals surface area (Å²) in [5.41, 5.74) is 6.33. The van der Waals surface area contributed by atoms with Crippen molar-refractivity contribution in [3.05, 3.63) is 18.5 Å². The van der Waals surface area contributed by atoms with Crippen molar-refractivity contribution in [2.45, 2.75) is 31.7 Å². The number of hydrogen-bond acceptors (Lipinski definition) is 5. The highest BCUT2D eigenvalue weighted by atomic mass is 32.2. The van der Waals surface area contributed by atoms with Crippen LogP contribution in [-0.4, -0.2) is 46.6 Å². The average Bonchev–Trinajstić information content (AvgIpc) is 2.42. The molecule has 7 heteroatoms. The lowest BCUT2D eigenvalue weighted by Crippen LogP contribution is -2.43. The van der Waals surface area contributed by atoms with Crippen LogP contribution in [0.3, 0.4) is 0 Å². The van der Waals surface area contributed by atoms with Gasteiger partial charge in [-0.25, -0.2) is 0 Å². The summed E-state index contributed by atoms with van der Waals surface area (Å²) < 4.78 is 0. The van der Waals surface area contributed by atoms with E-state index in [9.17, 15) is 9.59 Å². The average molecular weight is 310 g/mol. The van der Waals surface area contributed by atoms with E-state index in [1.54, 1.807) is 18.5 Å². The molecule has 2 amide bonds. The second-order valence-corrected chi connectivity index (χ2v) is 5.85. The van der Waals surface area contributed by atoms with Crippen LogP contribution in [0.25, 0.3) is 0 Å². The fourth-order valence-electron chi connectivity index (χ4n) is 1.67. The molecule has 0 bridgehead atoms. The van der Waals surface area contributed by atoms with Gasteiger partial charge in [0.2, 0.25) is 11.8 Å². The Labute approximate surface area is 129 Å². The summed E-state index contributed by atoms with van der Waals surface area (Å²) in [6.45, 7) is 6.21. The van der Waals surface area contributed by atoms with Gasteiger partial charge in [0.15, 0.2) is 0 Å². The van der Waals surface area contributed by atoms with Gasteiger partial charge >= 0.3 is 0 Å². The zero-order valence-electron chi connectivity index (χ0n) is 12.6. The molecule has 21 heavy (non-hydrogen) atoms. The molecule has 3 N–H and O–H groups in total. The molecule has 0 atom stereocenters. The Kier molecular flexibility index (Phi) is 7.01. The molecule has 0 unspecified atom stereocenters. The highest BCUT2D eigenvalue weighted by Gasteiger charge is 2.16. The van der Waals surface area contributed by atoms with Gasteiger partial charge in [0.25, 0.3) is 0 Å². The number of carbonyl (C=O) groups is 2. The minimum atomic E-state index is -0.145. The third-order valence-corrected chi connectivity index (χ3v) is 3.75. The van der Waals surface area contributed by atoms with Gasteiger partial charge < -0.3 is 16.0 Å². The van der Waals surface area contributed by atoms with Gasteiger partial charge in [-0.15, -0.1) is 11.8 Å². The van der Waals surface area contributed by atoms with Gasteiger partial charge in [0.05, 0.1) is 24.2 Å². The minimum absolute atomic E-state index is 0.0669. The summed E-state index contributed by atoms with van der Waals surface area (Å²) >= 11 is 1.35. The molecule has 0 fully saturated rings. The van der Waals surface area contributed by atoms with Crippen LogP contribution < -0.4 is 11.1 Å². The first-order chi connectivity index (χ1) is 9.93. The molecule has 1 aromatic rings. The Morgan fingerprint density at radius 3 is 2.76 bits per heavy atom. The molecule has 0 saturated heterocycles. The van der Waals surface area contributed by atoms with E-state index in [-0.39, 0.29) is 30.2 Å². The van der Waals surface area contributed by atoms with E-state index < -0.39 is 0 Å². The van der Waals surface area contributed by atoms with Crippen molar-refractivity contribution >= 4 is 29.3 Å². The number of carbonyl (C=O) groups excluding carboxylic acids is 2. The predicted molar refractivity (Wildman–Crippen MR) is 84.9 cm³/mol. The smallest absolute Gasteiger partial charge is 0.239 e. The lowest BCUT2D eigenvalue weighted by molar-refractivity contribution is -0.134. The molecule has 0 aliphatic heterocycles. The second-order valence-electron chi connectivity index (χ2n) is 4.83. The molecule has 0 aromatic carbocycles. The van der Waals surface area contributed by atoms with Crippen LogP contribution in [0.4, 0.5) is 5.69 Å². The Morgan fingerprint density at radius 2 is 2.19 bits per heavy atom. The summed E-state index contributed by atoms with van der Waals surface area (Å²) in [5, 5.41) is 2.78. The molecular formula is C14H22N4O2S. The van der Waals surface area contributed by atoms with Gasteiger partial charge in [-0.05, 0) is 26.8 Å². The number of hydrogen-bond donors (Lipinski definition) is 2. The minimum Gasteiger partial charge on any atom is -0.397 e. The van der Waals surface area contributed by atoms with Gasteiger partial charge in [-0.2, -0.15) is 0 Å². The molecule has 6 nitrogen and oxygen atoms in total. The molecule has 0 aliphatic rings. The molecule has 0 aliphatic carbocycles. The first-order valence-electron chi connectivity index (χ1n) is 6.83. The quantitative estimate of drug-likeness (QED) is 0.737. The van der Waals surface area contributed by atoms with Crippen molar-refractivity contribution in [1.29, 1.82) is 0 Å². The van der Waals surface area contributed by atoms with E-state index in [0.29, 0.717) is 12.2 Å². The number of nitrogen functional groups attached to an aromatic ring is 1. The van der Waals surface area contributed by atoms with Crippen molar-refractivity contribution in [2.75, 3.05) is 24.6 Å². The molecule has 0 spiro atoms. The van der Waals surface area contributed by atoms with E-state index >= 15 is 0 Å². The number of rotatable bonds is 7. The van der Waals surface area contributed by atoms with Crippen molar-refractivity contribution in [2.24, 2.45) is 0 Å². The van der Waals surface area contributed by atoms with Crippen molar-refractivity contribution in [3.63, 3.8) is 0 Å². The number of likely N-dealkylation sites (N-methyl/N-ethyl adjacent to an activating group) is 1. The maximum Gasteiger partial charge on any atom is 0.239 e. The Morgan fingerprint density at radius 1 is 1.48 bits per heavy atom. The number of amides is 2. The fourth-order valence-corrected chi connectivity index (χ4v) is 2.51. The first kappa shape index (κ1) is 17.3. The van der Waals surface area contributed by atoms with Gasteiger partial charge in [-0.1, -0.05) is 0 Å². The largest absolute Gasteiger partial charge is 0.397 e. The number of nitrogens with zero attached hydrogens (tertiary/aromatic N) is 2. The monoisotopic (exact) mass is 310 g/mol. The summed E-state index contributed by atoms with van der Waals surface area (Å²) in [4.78, 5) is 30.1. The van der Waals surface area contributed by atoms with Gasteiger partial charge in [0.1, 0.15) is 0 Å². The highest BCUT2D eigenvalue weighted by Crippen LogP contribution is 2.23. The summed E-state index contributed by atoms with van der Waals surface area (Å²) in [6.07, 6.45) is 3.19. The summed E-state index contributed by atoms with van der Waals surface area (Å²) in [5.74, 6) is 0.0167. The third kappa shape index (κ3) is 6.03. The van der Waals surface area contributed by atoms with E-state index in [4.69, 9.17) is 5.73 Å². The third-order valence-electron chi connectivity index (χ3n) is 2.68. The molecule has 116 valence electrons. The van der Waals surface area contributed by atoms with Crippen LogP contribution >= 0.6 is 11.8 Å². The van der Waals surface area contributed by atoms with Crippen LogP contribution in [0.2, 0.25) is 0 Å². The second kappa shape index (κ2) is 8.51. The lowest BCUT2D eigenvalue weighted by atomic mass is 10.3. The van der Waals surface area contributed by atoms with Gasteiger partial charge in [-0.3, -0.25) is 14.6 Å². The molecule has 1 aromatic heterocycles. The number of pyridine rings is 1. The fraction of sp³-hybridized carbons (Fsp3) is 0.500. The molecule has 0 saturated carbocycles. The van der Waals surface area contributed by atoms with Crippen LogP contribution in [0.5, 0.6) is 0 Å². The molecular weight excluding hydrogens is 288 g/mol. The van der Waals surface area contributed by atoms with Crippen LogP contribution in [0.15, 0.2) is 23.4 Å². The van der Waals surface area contributed by atoms with Gasteiger partial charge in [0, 0.05) is 23.7 Å². The topological polar surface area (TPSA) is 88.3 Å². The Balaban J connectivity index is 2.52. The standard InChI is InChI=1S/C14H22N4O2S/c1-4-18(8-13(19)17-10(2)3)14(20)9-21-12-5-6-16-7-11(12)15/h5-7,10H,4,8-9,15H2,1-3H3,(H,17,19). The highest BCUT2D eigenvalue weighted by molar-refractivity contribution is 8.00. The lowest BCUT2D eigenvalue weighted by Gasteiger charge is -2.21. The van der Waals surface area contributed by atoms with Crippen molar-refractivity contribution in [3.8, 4) is 0 Å². The number of anilines is 1. The zero-order valence-corrected chi connectivity index (χ0v) is 13.4. The van der Waals surface area contributed by atoms with Crippen molar-refractivity contribution < 1.29 is 9.59 Å². The normalized spacial score (nSPS) is 10.5. The molecule has 0 radical (unpaired) electrons. The number of aromatic nitrogens is 1. The van der Waals surface area contributed by atoms with E-state index in [2.05, 4.69) is 10.3 Å². The number of thioether (sulfide) groups is 1. The predicted octanol–water partition coefficient (Wildman–Crippen LogP) is 1.13. The SMILES string of the molecule is CCN(CC(=O)NC(C)C)C(=O)CSc1ccncc1N. The number of nitrogens with one attached hydrogen (secondary N) is 1. The first-order valence-corrected chi connectivity index (χ1v) is 7.82. The Hall–Kier alpha value is -1.76. The van der Waals surface area contributed by atoms with Crippen LogP contribution in [0.1, 0.15) is 20.8 Å². The van der Waals surface area contributed by atoms with E-state index in [1.165, 1.54) is 16.7 Å². The Bertz CT molecular complexity index is 494. The maximum atomic E-state index is 12.1. The van der Waals surface area contributed by atoms with Crippen molar-refractivity contribution in [1.82, 2.24) is 15.2 Å².